The Hall–Kier alpha value is -1.29. The molecule has 0 amide bonds. The zero-order valence-corrected chi connectivity index (χ0v) is 8.92. The van der Waals surface area contributed by atoms with Gasteiger partial charge in [-0.05, 0) is 29.3 Å². The van der Waals surface area contributed by atoms with E-state index in [1.807, 2.05) is 17.1 Å². The summed E-state index contributed by atoms with van der Waals surface area (Å²) in [5.74, 6) is 0. The smallest absolute Gasteiger partial charge is 0.0729 e. The molecular formula is C10H13N3S. The SMILES string of the molecule is CCn1cc(NCc2ccsc2)cn1. The Kier molecular flexibility index (Phi) is 2.84. The molecule has 2 rings (SSSR count). The molecule has 0 unspecified atom stereocenters. The largest absolute Gasteiger partial charge is 0.378 e. The van der Waals surface area contributed by atoms with Crippen LogP contribution in [0.25, 0.3) is 0 Å². The molecule has 0 spiro atoms. The van der Waals surface area contributed by atoms with Crippen LogP contribution in [0.4, 0.5) is 5.69 Å². The first-order valence-electron chi connectivity index (χ1n) is 4.66. The van der Waals surface area contributed by atoms with Crippen LogP contribution in [0.2, 0.25) is 0 Å². The number of aromatic nitrogens is 2. The van der Waals surface area contributed by atoms with Crippen molar-refractivity contribution >= 4 is 17.0 Å². The minimum atomic E-state index is 0.874. The maximum Gasteiger partial charge on any atom is 0.0729 e. The van der Waals surface area contributed by atoms with Gasteiger partial charge in [0, 0.05) is 19.3 Å². The molecule has 0 aliphatic rings. The number of hydrogen-bond acceptors (Lipinski definition) is 3. The average Bonchev–Trinajstić information content (AvgIpc) is 2.86. The summed E-state index contributed by atoms with van der Waals surface area (Å²) in [5, 5.41) is 11.8. The quantitative estimate of drug-likeness (QED) is 0.835. The molecule has 0 aliphatic heterocycles. The average molecular weight is 207 g/mol. The van der Waals surface area contributed by atoms with E-state index in [0.717, 1.165) is 18.8 Å². The van der Waals surface area contributed by atoms with Gasteiger partial charge in [0.25, 0.3) is 0 Å². The lowest BCUT2D eigenvalue weighted by Gasteiger charge is -1.99. The van der Waals surface area contributed by atoms with Crippen LogP contribution in [0.1, 0.15) is 12.5 Å². The van der Waals surface area contributed by atoms with Crippen LogP contribution in [0.5, 0.6) is 0 Å². The molecule has 2 aromatic rings. The second kappa shape index (κ2) is 4.28. The van der Waals surface area contributed by atoms with E-state index in [9.17, 15) is 0 Å². The summed E-state index contributed by atoms with van der Waals surface area (Å²) in [6.45, 7) is 3.87. The van der Waals surface area contributed by atoms with Crippen molar-refractivity contribution in [2.45, 2.75) is 20.0 Å². The zero-order chi connectivity index (χ0) is 9.80. The molecule has 0 saturated heterocycles. The number of hydrogen-bond donors (Lipinski definition) is 1. The van der Waals surface area contributed by atoms with Gasteiger partial charge < -0.3 is 5.32 Å². The van der Waals surface area contributed by atoms with E-state index < -0.39 is 0 Å². The minimum absolute atomic E-state index is 0.874. The van der Waals surface area contributed by atoms with Crippen molar-refractivity contribution in [3.05, 3.63) is 34.8 Å². The molecule has 4 heteroatoms. The van der Waals surface area contributed by atoms with Gasteiger partial charge in [-0.1, -0.05) is 0 Å². The molecule has 74 valence electrons. The Bertz CT molecular complexity index is 378. The third kappa shape index (κ3) is 2.14. The topological polar surface area (TPSA) is 29.9 Å². The lowest BCUT2D eigenvalue weighted by atomic mass is 10.3. The van der Waals surface area contributed by atoms with E-state index in [-0.39, 0.29) is 0 Å². The molecule has 2 heterocycles. The summed E-state index contributed by atoms with van der Waals surface area (Å²) in [6.07, 6.45) is 3.88. The van der Waals surface area contributed by atoms with Crippen LogP contribution in [-0.4, -0.2) is 9.78 Å². The van der Waals surface area contributed by atoms with Crippen LogP contribution in [0.15, 0.2) is 29.2 Å². The summed E-state index contributed by atoms with van der Waals surface area (Å²) in [7, 11) is 0. The Morgan fingerprint density at radius 2 is 2.50 bits per heavy atom. The van der Waals surface area contributed by atoms with Crippen LogP contribution >= 0.6 is 11.3 Å². The molecule has 0 bridgehead atoms. The van der Waals surface area contributed by atoms with E-state index in [1.54, 1.807) is 11.3 Å². The van der Waals surface area contributed by atoms with Crippen molar-refractivity contribution in [3.8, 4) is 0 Å². The van der Waals surface area contributed by atoms with Gasteiger partial charge in [0.1, 0.15) is 0 Å². The van der Waals surface area contributed by atoms with Crippen LogP contribution < -0.4 is 5.32 Å². The predicted octanol–water partition coefficient (Wildman–Crippen LogP) is 2.58. The summed E-state index contributed by atoms with van der Waals surface area (Å²) in [5.41, 5.74) is 2.40. The van der Waals surface area contributed by atoms with Gasteiger partial charge in [0.15, 0.2) is 0 Å². The Morgan fingerprint density at radius 1 is 1.57 bits per heavy atom. The maximum atomic E-state index is 4.19. The summed E-state index contributed by atoms with van der Waals surface area (Å²) in [4.78, 5) is 0. The maximum absolute atomic E-state index is 4.19. The fourth-order valence-electron chi connectivity index (χ4n) is 1.23. The monoisotopic (exact) mass is 207 g/mol. The first-order valence-corrected chi connectivity index (χ1v) is 5.60. The van der Waals surface area contributed by atoms with E-state index in [2.05, 4.69) is 34.2 Å². The molecule has 3 nitrogen and oxygen atoms in total. The van der Waals surface area contributed by atoms with E-state index in [4.69, 9.17) is 0 Å². The lowest BCUT2D eigenvalue weighted by Crippen LogP contribution is -1.97. The minimum Gasteiger partial charge on any atom is -0.378 e. The molecule has 2 aromatic heterocycles. The number of thiophene rings is 1. The summed E-state index contributed by atoms with van der Waals surface area (Å²) < 4.78 is 1.91. The molecule has 0 fully saturated rings. The van der Waals surface area contributed by atoms with Crippen LogP contribution in [0.3, 0.4) is 0 Å². The fourth-order valence-corrected chi connectivity index (χ4v) is 1.89. The van der Waals surface area contributed by atoms with Crippen molar-refractivity contribution < 1.29 is 0 Å². The Labute approximate surface area is 87.4 Å². The zero-order valence-electron chi connectivity index (χ0n) is 8.10. The van der Waals surface area contributed by atoms with Gasteiger partial charge in [-0.2, -0.15) is 16.4 Å². The molecule has 0 aliphatic carbocycles. The van der Waals surface area contributed by atoms with E-state index >= 15 is 0 Å². The van der Waals surface area contributed by atoms with Crippen molar-refractivity contribution in [3.63, 3.8) is 0 Å². The molecule has 0 aromatic carbocycles. The fraction of sp³-hybridized carbons (Fsp3) is 0.300. The highest BCUT2D eigenvalue weighted by Crippen LogP contribution is 2.10. The number of nitrogens with zero attached hydrogens (tertiary/aromatic N) is 2. The van der Waals surface area contributed by atoms with E-state index in [1.165, 1.54) is 5.56 Å². The highest BCUT2D eigenvalue weighted by atomic mass is 32.1. The normalized spacial score (nSPS) is 10.4. The molecule has 14 heavy (non-hydrogen) atoms. The number of nitrogens with one attached hydrogen (secondary N) is 1. The molecule has 0 radical (unpaired) electrons. The number of rotatable bonds is 4. The third-order valence-corrected chi connectivity index (χ3v) is 2.77. The molecular weight excluding hydrogens is 194 g/mol. The Morgan fingerprint density at radius 3 is 3.14 bits per heavy atom. The van der Waals surface area contributed by atoms with Crippen LogP contribution in [0, 0.1) is 0 Å². The lowest BCUT2D eigenvalue weighted by molar-refractivity contribution is 0.660. The van der Waals surface area contributed by atoms with E-state index in [0.29, 0.717) is 0 Å². The second-order valence-corrected chi connectivity index (χ2v) is 3.85. The second-order valence-electron chi connectivity index (χ2n) is 3.07. The highest BCUT2D eigenvalue weighted by Gasteiger charge is 1.96. The van der Waals surface area contributed by atoms with Crippen LogP contribution in [-0.2, 0) is 13.1 Å². The van der Waals surface area contributed by atoms with Gasteiger partial charge in [-0.25, -0.2) is 0 Å². The first kappa shape index (κ1) is 9.27. The standard InChI is InChI=1S/C10H13N3S/c1-2-13-7-10(6-12-13)11-5-9-3-4-14-8-9/h3-4,6-8,11H,2,5H2,1H3. The van der Waals surface area contributed by atoms with Gasteiger partial charge >= 0.3 is 0 Å². The van der Waals surface area contributed by atoms with Crippen molar-refractivity contribution in [2.24, 2.45) is 0 Å². The molecule has 0 atom stereocenters. The van der Waals surface area contributed by atoms with Gasteiger partial charge in [-0.15, -0.1) is 0 Å². The van der Waals surface area contributed by atoms with Gasteiger partial charge in [0.2, 0.25) is 0 Å². The predicted molar refractivity (Wildman–Crippen MR) is 59.5 cm³/mol. The first-order chi connectivity index (χ1) is 6.88. The number of anilines is 1. The van der Waals surface area contributed by atoms with Gasteiger partial charge in [0.05, 0.1) is 11.9 Å². The van der Waals surface area contributed by atoms with Crippen molar-refractivity contribution in [2.75, 3.05) is 5.32 Å². The van der Waals surface area contributed by atoms with Crippen molar-refractivity contribution in [1.82, 2.24) is 9.78 Å². The molecule has 1 N–H and O–H groups in total. The van der Waals surface area contributed by atoms with Crippen molar-refractivity contribution in [1.29, 1.82) is 0 Å². The molecule has 0 saturated carbocycles. The summed E-state index contributed by atoms with van der Waals surface area (Å²) >= 11 is 1.72. The number of aryl methyl sites for hydroxylation is 1. The highest BCUT2D eigenvalue weighted by molar-refractivity contribution is 7.07. The third-order valence-electron chi connectivity index (χ3n) is 2.03. The Balaban J connectivity index is 1.92. The van der Waals surface area contributed by atoms with Gasteiger partial charge in [-0.3, -0.25) is 4.68 Å². The summed E-state index contributed by atoms with van der Waals surface area (Å²) in [6, 6.07) is 2.13.